The molecule has 1 amide bonds. The Bertz CT molecular complexity index is 445. The molecule has 2 atom stereocenters. The van der Waals surface area contributed by atoms with Crippen LogP contribution in [0.2, 0.25) is 0 Å². The van der Waals surface area contributed by atoms with Crippen molar-refractivity contribution >= 4 is 29.0 Å². The van der Waals surface area contributed by atoms with Crippen molar-refractivity contribution in [2.24, 2.45) is 0 Å². The van der Waals surface area contributed by atoms with Crippen LogP contribution in [0.1, 0.15) is 18.7 Å². The zero-order chi connectivity index (χ0) is 13.9. The van der Waals surface area contributed by atoms with Gasteiger partial charge in [0.05, 0.1) is 6.04 Å². The number of hydrogen-bond acceptors (Lipinski definition) is 5. The zero-order valence-electron chi connectivity index (χ0n) is 11.7. The van der Waals surface area contributed by atoms with Crippen LogP contribution in [-0.4, -0.2) is 59.4 Å². The van der Waals surface area contributed by atoms with Crippen LogP contribution < -0.4 is 5.32 Å². The molecule has 2 fully saturated rings. The van der Waals surface area contributed by atoms with E-state index in [9.17, 15) is 4.79 Å². The summed E-state index contributed by atoms with van der Waals surface area (Å²) in [6.07, 6.45) is 0.0583. The molecule has 1 aromatic heterocycles. The molecule has 0 saturated carbocycles. The van der Waals surface area contributed by atoms with Gasteiger partial charge < -0.3 is 4.90 Å². The predicted octanol–water partition coefficient (Wildman–Crippen LogP) is 1.62. The lowest BCUT2D eigenvalue weighted by Gasteiger charge is -2.30. The zero-order valence-corrected chi connectivity index (χ0v) is 13.4. The number of carbonyl (C=O) groups is 1. The Morgan fingerprint density at radius 1 is 1.35 bits per heavy atom. The summed E-state index contributed by atoms with van der Waals surface area (Å²) in [5.74, 6) is 2.67. The summed E-state index contributed by atoms with van der Waals surface area (Å²) in [6, 6.07) is 2.04. The van der Waals surface area contributed by atoms with Gasteiger partial charge in [0.2, 0.25) is 5.91 Å². The molecule has 2 unspecified atom stereocenters. The Kier molecular flexibility index (Phi) is 4.65. The lowest BCUT2D eigenvalue weighted by Crippen LogP contribution is -2.41. The highest BCUT2D eigenvalue weighted by molar-refractivity contribution is 7.99. The van der Waals surface area contributed by atoms with E-state index in [1.807, 2.05) is 23.6 Å². The smallest absolute Gasteiger partial charge is 0.241 e. The molecule has 0 aromatic carbocycles. The molecule has 1 aromatic rings. The first-order chi connectivity index (χ1) is 9.75. The lowest BCUT2D eigenvalue weighted by molar-refractivity contribution is -0.130. The summed E-state index contributed by atoms with van der Waals surface area (Å²) in [5, 5.41) is 7.61. The molecule has 110 valence electrons. The van der Waals surface area contributed by atoms with Crippen molar-refractivity contribution in [3.05, 3.63) is 22.4 Å². The van der Waals surface area contributed by atoms with Gasteiger partial charge in [-0.05, 0) is 29.3 Å². The Morgan fingerprint density at radius 2 is 2.15 bits per heavy atom. The first-order valence-electron chi connectivity index (χ1n) is 7.14. The molecule has 2 saturated heterocycles. The Balaban J connectivity index is 1.63. The Labute approximate surface area is 128 Å². The highest BCUT2D eigenvalue weighted by Crippen LogP contribution is 2.26. The number of thioether (sulfide) groups is 1. The standard InChI is InChI=1S/C14H21N3OS2/c1-11-14(18)17(4-3-16-5-8-19-9-6-16)13(15-11)12-2-7-20-10-12/h2,7,10-11,13,15H,3-6,8-9H2,1H3. The Hall–Kier alpha value is -0.560. The molecule has 0 bridgehead atoms. The minimum Gasteiger partial charge on any atom is -0.320 e. The van der Waals surface area contributed by atoms with Crippen LogP contribution in [0.15, 0.2) is 16.8 Å². The number of nitrogens with one attached hydrogen (secondary N) is 1. The van der Waals surface area contributed by atoms with Crippen molar-refractivity contribution in [2.75, 3.05) is 37.7 Å². The van der Waals surface area contributed by atoms with Gasteiger partial charge in [0.25, 0.3) is 0 Å². The van der Waals surface area contributed by atoms with Crippen LogP contribution >= 0.6 is 23.1 Å². The van der Waals surface area contributed by atoms with Gasteiger partial charge in [0.1, 0.15) is 6.17 Å². The highest BCUT2D eigenvalue weighted by Gasteiger charge is 2.37. The van der Waals surface area contributed by atoms with Crippen LogP contribution in [0.3, 0.4) is 0 Å². The number of rotatable bonds is 4. The second-order valence-electron chi connectivity index (χ2n) is 5.33. The second kappa shape index (κ2) is 6.47. The third kappa shape index (κ3) is 3.03. The third-order valence-electron chi connectivity index (χ3n) is 3.99. The topological polar surface area (TPSA) is 35.6 Å². The first kappa shape index (κ1) is 14.4. The van der Waals surface area contributed by atoms with Gasteiger partial charge in [-0.3, -0.25) is 15.0 Å². The van der Waals surface area contributed by atoms with E-state index in [1.165, 1.54) is 17.1 Å². The molecule has 1 N–H and O–H groups in total. The quantitative estimate of drug-likeness (QED) is 0.916. The van der Waals surface area contributed by atoms with Crippen molar-refractivity contribution in [1.29, 1.82) is 0 Å². The van der Waals surface area contributed by atoms with Crippen molar-refractivity contribution < 1.29 is 4.79 Å². The SMILES string of the molecule is CC1NC(c2ccsc2)N(CCN2CCSCC2)C1=O. The van der Waals surface area contributed by atoms with E-state index in [0.717, 1.165) is 26.2 Å². The molecule has 2 aliphatic heterocycles. The number of hydrogen-bond donors (Lipinski definition) is 1. The Morgan fingerprint density at radius 3 is 2.85 bits per heavy atom. The number of amides is 1. The van der Waals surface area contributed by atoms with E-state index in [2.05, 4.69) is 27.0 Å². The molecular formula is C14H21N3OS2. The van der Waals surface area contributed by atoms with Crippen molar-refractivity contribution in [1.82, 2.24) is 15.1 Å². The molecule has 4 nitrogen and oxygen atoms in total. The molecule has 20 heavy (non-hydrogen) atoms. The molecule has 3 heterocycles. The van der Waals surface area contributed by atoms with Gasteiger partial charge in [-0.15, -0.1) is 0 Å². The summed E-state index contributed by atoms with van der Waals surface area (Å²) in [6.45, 7) is 6.07. The van der Waals surface area contributed by atoms with E-state index < -0.39 is 0 Å². The predicted molar refractivity (Wildman–Crippen MR) is 85.1 cm³/mol. The van der Waals surface area contributed by atoms with E-state index in [1.54, 1.807) is 11.3 Å². The highest BCUT2D eigenvalue weighted by atomic mass is 32.2. The molecule has 3 rings (SSSR count). The van der Waals surface area contributed by atoms with Crippen LogP contribution in [0.4, 0.5) is 0 Å². The first-order valence-corrected chi connectivity index (χ1v) is 9.24. The van der Waals surface area contributed by atoms with Crippen molar-refractivity contribution in [3.8, 4) is 0 Å². The number of carbonyl (C=O) groups excluding carboxylic acids is 1. The summed E-state index contributed by atoms with van der Waals surface area (Å²) < 4.78 is 0. The molecule has 2 aliphatic rings. The maximum absolute atomic E-state index is 12.3. The van der Waals surface area contributed by atoms with Gasteiger partial charge in [-0.25, -0.2) is 0 Å². The van der Waals surface area contributed by atoms with Crippen LogP contribution in [-0.2, 0) is 4.79 Å². The molecule has 0 radical (unpaired) electrons. The van der Waals surface area contributed by atoms with Crippen molar-refractivity contribution in [3.63, 3.8) is 0 Å². The molecule has 0 spiro atoms. The fourth-order valence-electron chi connectivity index (χ4n) is 2.79. The number of thiophene rings is 1. The second-order valence-corrected chi connectivity index (χ2v) is 7.34. The van der Waals surface area contributed by atoms with Crippen LogP contribution in [0.25, 0.3) is 0 Å². The van der Waals surface area contributed by atoms with E-state index in [0.29, 0.717) is 0 Å². The molecule has 0 aliphatic carbocycles. The fraction of sp³-hybridized carbons (Fsp3) is 0.643. The number of nitrogens with zero attached hydrogens (tertiary/aromatic N) is 2. The third-order valence-corrected chi connectivity index (χ3v) is 5.64. The average molecular weight is 311 g/mol. The van der Waals surface area contributed by atoms with Crippen LogP contribution in [0, 0.1) is 0 Å². The van der Waals surface area contributed by atoms with Gasteiger partial charge >= 0.3 is 0 Å². The maximum atomic E-state index is 12.3. The fourth-order valence-corrected chi connectivity index (χ4v) is 4.45. The summed E-state index contributed by atoms with van der Waals surface area (Å²) in [7, 11) is 0. The minimum absolute atomic E-state index is 0.0583. The van der Waals surface area contributed by atoms with Gasteiger partial charge in [-0.1, -0.05) is 0 Å². The van der Waals surface area contributed by atoms with Gasteiger partial charge in [0.15, 0.2) is 0 Å². The minimum atomic E-state index is -0.0724. The van der Waals surface area contributed by atoms with E-state index in [4.69, 9.17) is 0 Å². The van der Waals surface area contributed by atoms with Crippen LogP contribution in [0.5, 0.6) is 0 Å². The lowest BCUT2D eigenvalue weighted by atomic mass is 10.2. The van der Waals surface area contributed by atoms with Gasteiger partial charge in [-0.2, -0.15) is 23.1 Å². The summed E-state index contributed by atoms with van der Waals surface area (Å²) >= 11 is 3.71. The molecule has 6 heteroatoms. The molecular weight excluding hydrogens is 290 g/mol. The van der Waals surface area contributed by atoms with Crippen molar-refractivity contribution in [2.45, 2.75) is 19.1 Å². The van der Waals surface area contributed by atoms with E-state index >= 15 is 0 Å². The summed E-state index contributed by atoms with van der Waals surface area (Å²) in [4.78, 5) is 16.8. The summed E-state index contributed by atoms with van der Waals surface area (Å²) in [5.41, 5.74) is 1.21. The maximum Gasteiger partial charge on any atom is 0.241 e. The van der Waals surface area contributed by atoms with E-state index in [-0.39, 0.29) is 18.1 Å². The monoisotopic (exact) mass is 311 g/mol. The largest absolute Gasteiger partial charge is 0.320 e. The van der Waals surface area contributed by atoms with Gasteiger partial charge in [0, 0.05) is 37.7 Å². The normalized spacial score (nSPS) is 28.2. The average Bonchev–Trinajstić information content (AvgIpc) is 3.08.